The molecular weight excluding hydrogens is 536 g/mol. The molecule has 2 heterocycles. The van der Waals surface area contributed by atoms with E-state index in [0.29, 0.717) is 11.1 Å². The summed E-state index contributed by atoms with van der Waals surface area (Å²) in [6.07, 6.45) is 2.30. The Kier molecular flexibility index (Phi) is 11.4. The highest BCUT2D eigenvalue weighted by Gasteiger charge is 2.35. The monoisotopic (exact) mass is 570 g/mol. The van der Waals surface area contributed by atoms with Gasteiger partial charge in [0.2, 0.25) is 0 Å². The number of hydrogen-bond donors (Lipinski definition) is 4. The van der Waals surface area contributed by atoms with Gasteiger partial charge in [-0.15, -0.1) is 0 Å². The predicted molar refractivity (Wildman–Crippen MR) is 155 cm³/mol. The number of benzene rings is 2. The third-order valence-electron chi connectivity index (χ3n) is 6.56. The molecule has 4 rings (SSSR count). The lowest BCUT2D eigenvalue weighted by molar-refractivity contribution is -0.0240. The fourth-order valence-electron chi connectivity index (χ4n) is 4.38. The molecule has 2 unspecified atom stereocenters. The standard InChI is InChI=1S/C32H34N4O6/c37-29(27(17-23-9-3-1-4-10-23)35-31(39)41-21-25-13-7-15-33-19-25)30(38)28(18-24-11-5-2-6-12-24)36-32(40)42-22-26-14-8-16-34-20-26/h1-16,19-20,27-30,37-38H,17-18,21-22H2,(H,35,39)(H,36,40)/t27-,28?,29+,30?/m0/s1. The molecule has 4 atom stereocenters. The van der Waals surface area contributed by atoms with Crippen molar-refractivity contribution in [2.75, 3.05) is 0 Å². The van der Waals surface area contributed by atoms with Gasteiger partial charge in [0.05, 0.1) is 12.1 Å². The van der Waals surface area contributed by atoms with E-state index in [1.807, 2.05) is 60.7 Å². The van der Waals surface area contributed by atoms with Crippen LogP contribution in [0.3, 0.4) is 0 Å². The Labute approximate surface area is 244 Å². The fraction of sp³-hybridized carbons (Fsp3) is 0.250. The summed E-state index contributed by atoms with van der Waals surface area (Å²) in [4.78, 5) is 33.5. The highest BCUT2D eigenvalue weighted by Crippen LogP contribution is 2.16. The topological polar surface area (TPSA) is 143 Å². The Bertz CT molecular complexity index is 1260. The van der Waals surface area contributed by atoms with Gasteiger partial charge in [-0.05, 0) is 36.1 Å². The van der Waals surface area contributed by atoms with Gasteiger partial charge in [-0.1, -0.05) is 72.8 Å². The van der Waals surface area contributed by atoms with Gasteiger partial charge in [-0.3, -0.25) is 9.97 Å². The van der Waals surface area contributed by atoms with E-state index >= 15 is 0 Å². The van der Waals surface area contributed by atoms with Crippen molar-refractivity contribution < 1.29 is 29.3 Å². The number of alkyl carbamates (subject to hydrolysis) is 2. The minimum atomic E-state index is -1.48. The van der Waals surface area contributed by atoms with Crippen molar-refractivity contribution in [2.24, 2.45) is 0 Å². The molecule has 0 radical (unpaired) electrons. The maximum atomic E-state index is 12.8. The lowest BCUT2D eigenvalue weighted by Gasteiger charge is -2.32. The molecule has 0 spiro atoms. The van der Waals surface area contributed by atoms with Gasteiger partial charge in [0.15, 0.2) is 0 Å². The molecule has 42 heavy (non-hydrogen) atoms. The number of aliphatic hydroxyl groups excluding tert-OH is 2. The summed E-state index contributed by atoms with van der Waals surface area (Å²) in [5.74, 6) is 0. The predicted octanol–water partition coefficient (Wildman–Crippen LogP) is 3.57. The van der Waals surface area contributed by atoms with E-state index < -0.39 is 36.5 Å². The molecule has 4 N–H and O–H groups in total. The number of rotatable bonds is 13. The van der Waals surface area contributed by atoms with Crippen molar-refractivity contribution >= 4 is 12.2 Å². The number of pyridine rings is 2. The zero-order valence-corrected chi connectivity index (χ0v) is 23.0. The Balaban J connectivity index is 1.48. The lowest BCUT2D eigenvalue weighted by atomic mass is 9.91. The van der Waals surface area contributed by atoms with Crippen LogP contribution in [-0.2, 0) is 35.5 Å². The molecule has 0 saturated carbocycles. The zero-order valence-electron chi connectivity index (χ0n) is 23.0. The van der Waals surface area contributed by atoms with Crippen LogP contribution in [0.1, 0.15) is 22.3 Å². The second kappa shape index (κ2) is 15.8. The number of nitrogens with one attached hydrogen (secondary N) is 2. The number of nitrogens with zero attached hydrogens (tertiary/aromatic N) is 2. The van der Waals surface area contributed by atoms with Crippen LogP contribution >= 0.6 is 0 Å². The maximum absolute atomic E-state index is 12.8. The molecule has 218 valence electrons. The van der Waals surface area contributed by atoms with Crippen molar-refractivity contribution in [3.8, 4) is 0 Å². The first-order chi connectivity index (χ1) is 20.5. The largest absolute Gasteiger partial charge is 0.445 e. The van der Waals surface area contributed by atoms with Crippen LogP contribution in [0.25, 0.3) is 0 Å². The van der Waals surface area contributed by atoms with Crippen LogP contribution in [0.4, 0.5) is 9.59 Å². The van der Waals surface area contributed by atoms with Crippen molar-refractivity contribution in [3.63, 3.8) is 0 Å². The Morgan fingerprint density at radius 3 is 1.33 bits per heavy atom. The van der Waals surface area contributed by atoms with Crippen molar-refractivity contribution in [2.45, 2.75) is 50.3 Å². The average molecular weight is 571 g/mol. The normalized spacial score (nSPS) is 13.7. The first-order valence-corrected chi connectivity index (χ1v) is 13.6. The van der Waals surface area contributed by atoms with Gasteiger partial charge in [0.25, 0.3) is 0 Å². The molecule has 2 aromatic carbocycles. The summed E-state index contributed by atoms with van der Waals surface area (Å²) in [6, 6.07) is 23.6. The Morgan fingerprint density at radius 1 is 0.595 bits per heavy atom. The summed E-state index contributed by atoms with van der Waals surface area (Å²) < 4.78 is 10.7. The number of aromatic nitrogens is 2. The fourth-order valence-corrected chi connectivity index (χ4v) is 4.38. The summed E-state index contributed by atoms with van der Waals surface area (Å²) >= 11 is 0. The Morgan fingerprint density at radius 2 is 0.976 bits per heavy atom. The smallest absolute Gasteiger partial charge is 0.407 e. The number of carbonyl (C=O) groups is 2. The van der Waals surface area contributed by atoms with Crippen molar-refractivity contribution in [1.29, 1.82) is 0 Å². The van der Waals surface area contributed by atoms with Gasteiger partial charge in [-0.25, -0.2) is 9.59 Å². The van der Waals surface area contributed by atoms with Crippen LogP contribution in [0.2, 0.25) is 0 Å². The number of amides is 2. The minimum absolute atomic E-state index is 0.0165. The van der Waals surface area contributed by atoms with Crippen LogP contribution in [0.15, 0.2) is 110 Å². The van der Waals surface area contributed by atoms with E-state index in [1.54, 1.807) is 49.1 Å². The van der Waals surface area contributed by atoms with Crippen molar-refractivity contribution in [3.05, 3.63) is 132 Å². The maximum Gasteiger partial charge on any atom is 0.407 e. The van der Waals surface area contributed by atoms with E-state index in [2.05, 4.69) is 20.6 Å². The lowest BCUT2D eigenvalue weighted by Crippen LogP contribution is -2.57. The number of carbonyl (C=O) groups excluding carboxylic acids is 2. The molecule has 0 fully saturated rings. The highest BCUT2D eigenvalue weighted by atomic mass is 16.6. The second-order valence-corrected chi connectivity index (χ2v) is 9.74. The van der Waals surface area contributed by atoms with E-state index in [1.165, 1.54) is 0 Å². The summed E-state index contributed by atoms with van der Waals surface area (Å²) in [7, 11) is 0. The molecule has 0 aliphatic heterocycles. The van der Waals surface area contributed by atoms with Crippen LogP contribution in [0, 0.1) is 0 Å². The molecule has 2 amide bonds. The molecule has 4 aromatic rings. The third-order valence-corrected chi connectivity index (χ3v) is 6.56. The van der Waals surface area contributed by atoms with Crippen LogP contribution < -0.4 is 10.6 Å². The SMILES string of the molecule is O=C(NC(Cc1ccccc1)C(O)[C@H](O)[C@H](Cc1ccccc1)NC(=O)OCc1cccnc1)OCc1cccnc1. The molecule has 0 aliphatic carbocycles. The van der Waals surface area contributed by atoms with E-state index in [-0.39, 0.29) is 26.1 Å². The molecule has 2 aromatic heterocycles. The third kappa shape index (κ3) is 9.69. The minimum Gasteiger partial charge on any atom is -0.445 e. The molecule has 0 aliphatic rings. The number of hydrogen-bond acceptors (Lipinski definition) is 8. The summed E-state index contributed by atoms with van der Waals surface area (Å²) in [5, 5.41) is 28.2. The van der Waals surface area contributed by atoms with E-state index in [4.69, 9.17) is 9.47 Å². The molecule has 10 heteroatoms. The zero-order chi connectivity index (χ0) is 29.6. The van der Waals surface area contributed by atoms with Gasteiger partial charge in [-0.2, -0.15) is 0 Å². The van der Waals surface area contributed by atoms with Gasteiger partial charge < -0.3 is 30.3 Å². The average Bonchev–Trinajstić information content (AvgIpc) is 3.03. The van der Waals surface area contributed by atoms with Gasteiger partial charge in [0, 0.05) is 35.9 Å². The molecule has 10 nitrogen and oxygen atoms in total. The first kappa shape index (κ1) is 30.2. The van der Waals surface area contributed by atoms with E-state index in [9.17, 15) is 19.8 Å². The van der Waals surface area contributed by atoms with Gasteiger partial charge >= 0.3 is 12.2 Å². The molecular formula is C32H34N4O6. The number of ether oxygens (including phenoxy) is 2. The highest BCUT2D eigenvalue weighted by molar-refractivity contribution is 5.68. The Hall–Kier alpha value is -4.80. The number of aliphatic hydroxyl groups is 2. The first-order valence-electron chi connectivity index (χ1n) is 13.6. The van der Waals surface area contributed by atoms with E-state index in [0.717, 1.165) is 11.1 Å². The summed E-state index contributed by atoms with van der Waals surface area (Å²) in [5.41, 5.74) is 3.05. The second-order valence-electron chi connectivity index (χ2n) is 9.74. The summed E-state index contributed by atoms with van der Waals surface area (Å²) in [6.45, 7) is -0.0331. The molecule has 0 bridgehead atoms. The van der Waals surface area contributed by atoms with Gasteiger partial charge in [0.1, 0.15) is 25.4 Å². The van der Waals surface area contributed by atoms with Crippen LogP contribution in [0.5, 0.6) is 0 Å². The van der Waals surface area contributed by atoms with Crippen LogP contribution in [-0.4, -0.2) is 56.7 Å². The molecule has 0 saturated heterocycles. The van der Waals surface area contributed by atoms with Crippen molar-refractivity contribution in [1.82, 2.24) is 20.6 Å². The quantitative estimate of drug-likeness (QED) is 0.191.